The van der Waals surface area contributed by atoms with Gasteiger partial charge in [-0.15, -0.1) is 5.92 Å². The summed E-state index contributed by atoms with van der Waals surface area (Å²) in [6.07, 6.45) is -5.08. The number of imidazole rings is 1. The third kappa shape index (κ3) is 5.76. The molecule has 0 unspecified atom stereocenters. The van der Waals surface area contributed by atoms with E-state index in [1.54, 1.807) is 11.5 Å². The molecule has 1 fully saturated rings. The SMILES string of the molecule is CC#CCn1c(N2CCNCC2)nc2c1c(=O)n(CC(=O)OC)c(=O)n2C.O=C(O)C(F)(F)F. The highest BCUT2D eigenvalue weighted by atomic mass is 19.4. The fourth-order valence-corrected chi connectivity index (χ4v) is 3.11. The van der Waals surface area contributed by atoms with Gasteiger partial charge in [-0.2, -0.15) is 18.2 Å². The lowest BCUT2D eigenvalue weighted by Crippen LogP contribution is -2.44. The molecule has 3 heterocycles. The number of fused-ring (bicyclic) bond motifs is 1. The lowest BCUT2D eigenvalue weighted by Gasteiger charge is -2.28. The lowest BCUT2D eigenvalue weighted by molar-refractivity contribution is -0.192. The normalized spacial score (nSPS) is 13.5. The van der Waals surface area contributed by atoms with Crippen LogP contribution < -0.4 is 21.5 Å². The number of methoxy groups -OCH3 is 1. The predicted molar refractivity (Wildman–Crippen MR) is 113 cm³/mol. The summed E-state index contributed by atoms with van der Waals surface area (Å²) < 4.78 is 40.2. The summed E-state index contributed by atoms with van der Waals surface area (Å²) in [6, 6.07) is 0. The van der Waals surface area contributed by atoms with Crippen molar-refractivity contribution in [2.75, 3.05) is 38.2 Å². The monoisotopic (exact) mass is 488 g/mol. The number of nitrogens with zero attached hydrogens (tertiary/aromatic N) is 5. The standard InChI is InChI=1S/C17H22N6O4.C2HF3O2/c1-4-5-8-22-13-14(19-16(22)21-9-6-18-7-10-21)20(2)17(26)23(15(13)25)11-12(24)27-3;3-2(4,5)1(6)7/h18H,6-11H2,1-3H3;(H,6,7). The number of rotatable bonds is 4. The van der Waals surface area contributed by atoms with Crippen molar-refractivity contribution >= 4 is 29.1 Å². The molecule has 0 saturated carbocycles. The zero-order valence-corrected chi connectivity index (χ0v) is 18.6. The molecule has 2 aromatic rings. The second kappa shape index (κ2) is 10.9. The van der Waals surface area contributed by atoms with Gasteiger partial charge in [-0.3, -0.25) is 18.7 Å². The van der Waals surface area contributed by atoms with Crippen LogP contribution in [0.25, 0.3) is 11.2 Å². The Kier molecular flexibility index (Phi) is 8.46. The fraction of sp³-hybridized carbons (Fsp3) is 0.526. The van der Waals surface area contributed by atoms with Crippen LogP contribution in [0.1, 0.15) is 6.92 Å². The Hall–Kier alpha value is -3.80. The molecule has 0 aromatic carbocycles. The molecule has 186 valence electrons. The summed E-state index contributed by atoms with van der Waals surface area (Å²) in [4.78, 5) is 52.8. The number of hydrogen-bond acceptors (Lipinski definition) is 8. The van der Waals surface area contributed by atoms with Crippen molar-refractivity contribution in [3.05, 3.63) is 20.8 Å². The van der Waals surface area contributed by atoms with Gasteiger partial charge < -0.3 is 20.1 Å². The smallest absolute Gasteiger partial charge is 0.475 e. The summed E-state index contributed by atoms with van der Waals surface area (Å²) in [6.45, 7) is 4.58. The molecule has 0 amide bonds. The van der Waals surface area contributed by atoms with Gasteiger partial charge in [-0.25, -0.2) is 14.2 Å². The molecule has 34 heavy (non-hydrogen) atoms. The minimum absolute atomic E-state index is 0.247. The highest BCUT2D eigenvalue weighted by molar-refractivity contribution is 5.76. The van der Waals surface area contributed by atoms with E-state index in [1.165, 1.54) is 18.7 Å². The maximum atomic E-state index is 13.0. The number of piperazine rings is 1. The number of carboxylic acid groups (broad SMARTS) is 1. The Bertz CT molecular complexity index is 1240. The van der Waals surface area contributed by atoms with Gasteiger partial charge >= 0.3 is 23.8 Å². The third-order valence-electron chi connectivity index (χ3n) is 4.78. The van der Waals surface area contributed by atoms with Crippen molar-refractivity contribution in [3.8, 4) is 11.8 Å². The number of aliphatic carboxylic acids is 1. The molecule has 0 spiro atoms. The number of ether oxygens (including phenoxy) is 1. The number of anilines is 1. The fourth-order valence-electron chi connectivity index (χ4n) is 3.11. The summed E-state index contributed by atoms with van der Waals surface area (Å²) in [5, 5.41) is 10.4. The number of nitrogens with one attached hydrogen (secondary N) is 1. The molecule has 15 heteroatoms. The van der Waals surface area contributed by atoms with Crippen molar-refractivity contribution in [1.82, 2.24) is 24.0 Å². The van der Waals surface area contributed by atoms with Crippen LogP contribution in [0.15, 0.2) is 9.59 Å². The number of aryl methyl sites for hydroxylation is 1. The van der Waals surface area contributed by atoms with Gasteiger partial charge in [0.25, 0.3) is 5.56 Å². The van der Waals surface area contributed by atoms with Gasteiger partial charge in [0.1, 0.15) is 6.54 Å². The van der Waals surface area contributed by atoms with Crippen LogP contribution in [0, 0.1) is 11.8 Å². The molecule has 1 saturated heterocycles. The largest absolute Gasteiger partial charge is 0.490 e. The van der Waals surface area contributed by atoms with Gasteiger partial charge in [-0.05, 0) is 6.92 Å². The number of carboxylic acids is 1. The van der Waals surface area contributed by atoms with E-state index in [0.29, 0.717) is 5.95 Å². The topological polar surface area (TPSA) is 141 Å². The number of alkyl halides is 3. The van der Waals surface area contributed by atoms with E-state index in [0.717, 1.165) is 30.7 Å². The highest BCUT2D eigenvalue weighted by Gasteiger charge is 2.38. The first-order valence-electron chi connectivity index (χ1n) is 9.86. The average molecular weight is 488 g/mol. The average Bonchev–Trinajstić information content (AvgIpc) is 3.19. The van der Waals surface area contributed by atoms with E-state index < -0.39 is 35.9 Å². The van der Waals surface area contributed by atoms with Crippen LogP contribution in [0.4, 0.5) is 19.1 Å². The van der Waals surface area contributed by atoms with Crippen molar-refractivity contribution in [1.29, 1.82) is 0 Å². The van der Waals surface area contributed by atoms with Crippen LogP contribution in [0.5, 0.6) is 0 Å². The summed E-state index contributed by atoms with van der Waals surface area (Å²) in [5.41, 5.74) is -0.670. The number of hydrogen-bond donors (Lipinski definition) is 2. The van der Waals surface area contributed by atoms with E-state index >= 15 is 0 Å². The first-order valence-corrected chi connectivity index (χ1v) is 9.86. The van der Waals surface area contributed by atoms with Crippen LogP contribution in [0.3, 0.4) is 0 Å². The van der Waals surface area contributed by atoms with Crippen molar-refractivity contribution in [2.45, 2.75) is 26.2 Å². The molecule has 2 aromatic heterocycles. The molecule has 2 N–H and O–H groups in total. The number of carbonyl (C=O) groups is 2. The maximum Gasteiger partial charge on any atom is 0.490 e. The van der Waals surface area contributed by atoms with Crippen molar-refractivity contribution in [3.63, 3.8) is 0 Å². The molecule has 1 aliphatic heterocycles. The van der Waals surface area contributed by atoms with Gasteiger partial charge in [0.2, 0.25) is 5.95 Å². The Morgan fingerprint density at radius 1 is 1.21 bits per heavy atom. The zero-order valence-electron chi connectivity index (χ0n) is 18.6. The Morgan fingerprint density at radius 2 is 1.79 bits per heavy atom. The Balaban J connectivity index is 0.000000509. The van der Waals surface area contributed by atoms with Gasteiger partial charge in [0.15, 0.2) is 11.2 Å². The summed E-state index contributed by atoms with van der Waals surface area (Å²) in [7, 11) is 2.74. The zero-order chi connectivity index (χ0) is 25.6. The minimum Gasteiger partial charge on any atom is -0.475 e. The van der Waals surface area contributed by atoms with Crippen LogP contribution >= 0.6 is 0 Å². The van der Waals surface area contributed by atoms with Crippen LogP contribution in [-0.2, 0) is 34.5 Å². The maximum absolute atomic E-state index is 13.0. The second-order valence-electron chi connectivity index (χ2n) is 6.95. The highest BCUT2D eigenvalue weighted by Crippen LogP contribution is 2.20. The first-order chi connectivity index (χ1) is 15.9. The molecule has 0 atom stereocenters. The van der Waals surface area contributed by atoms with Crippen molar-refractivity contribution in [2.24, 2.45) is 7.05 Å². The Labute approximate surface area is 190 Å². The molecular formula is C19H23F3N6O6. The van der Waals surface area contributed by atoms with E-state index in [2.05, 4.69) is 31.8 Å². The van der Waals surface area contributed by atoms with Gasteiger partial charge in [0, 0.05) is 33.2 Å². The van der Waals surface area contributed by atoms with E-state index in [4.69, 9.17) is 9.90 Å². The first kappa shape index (κ1) is 26.5. The number of aromatic nitrogens is 4. The molecular weight excluding hydrogens is 465 g/mol. The third-order valence-corrected chi connectivity index (χ3v) is 4.78. The lowest BCUT2D eigenvalue weighted by atomic mass is 10.4. The minimum atomic E-state index is -5.08. The number of halogens is 3. The molecule has 0 bridgehead atoms. The van der Waals surface area contributed by atoms with Gasteiger partial charge in [0.05, 0.1) is 13.7 Å². The van der Waals surface area contributed by atoms with E-state index in [1.807, 2.05) is 0 Å². The molecule has 0 radical (unpaired) electrons. The second-order valence-corrected chi connectivity index (χ2v) is 6.95. The quantitative estimate of drug-likeness (QED) is 0.415. The van der Waals surface area contributed by atoms with Crippen LogP contribution in [0.2, 0.25) is 0 Å². The summed E-state index contributed by atoms with van der Waals surface area (Å²) >= 11 is 0. The number of carbonyl (C=O) groups excluding carboxylic acids is 1. The summed E-state index contributed by atoms with van der Waals surface area (Å²) in [5.74, 6) is 2.95. The van der Waals surface area contributed by atoms with Crippen LogP contribution in [-0.4, -0.2) is 75.2 Å². The molecule has 12 nitrogen and oxygen atoms in total. The van der Waals surface area contributed by atoms with E-state index in [9.17, 15) is 27.6 Å². The van der Waals surface area contributed by atoms with Crippen molar-refractivity contribution < 1.29 is 32.6 Å². The molecule has 0 aliphatic carbocycles. The predicted octanol–water partition coefficient (Wildman–Crippen LogP) is -0.864. The molecule has 3 rings (SSSR count). The Morgan fingerprint density at radius 3 is 2.29 bits per heavy atom. The number of esters is 1. The van der Waals surface area contributed by atoms with E-state index in [-0.39, 0.29) is 17.7 Å². The molecule has 1 aliphatic rings. The van der Waals surface area contributed by atoms with Gasteiger partial charge in [-0.1, -0.05) is 5.92 Å².